The molecule has 2 aromatic rings. The van der Waals surface area contributed by atoms with Gasteiger partial charge in [-0.3, -0.25) is 4.79 Å². The van der Waals surface area contributed by atoms with Gasteiger partial charge in [0.05, 0.1) is 17.2 Å². The SMILES string of the molecule is CC(NC(=O)c1ccccc1C(F)(F)F)c1ccc2c(c1)OCO2. The summed E-state index contributed by atoms with van der Waals surface area (Å²) in [6.45, 7) is 1.81. The van der Waals surface area contributed by atoms with E-state index in [1.165, 1.54) is 12.1 Å². The van der Waals surface area contributed by atoms with Crippen LogP contribution in [0.1, 0.15) is 34.5 Å². The van der Waals surface area contributed by atoms with Crippen molar-refractivity contribution in [2.75, 3.05) is 6.79 Å². The number of carbonyl (C=O) groups excluding carboxylic acids is 1. The van der Waals surface area contributed by atoms with E-state index in [9.17, 15) is 18.0 Å². The van der Waals surface area contributed by atoms with E-state index < -0.39 is 29.3 Å². The predicted molar refractivity (Wildman–Crippen MR) is 79.9 cm³/mol. The lowest BCUT2D eigenvalue weighted by Gasteiger charge is -2.17. The third kappa shape index (κ3) is 3.15. The summed E-state index contributed by atoms with van der Waals surface area (Å²) in [7, 11) is 0. The Bertz CT molecular complexity index is 774. The highest BCUT2D eigenvalue weighted by atomic mass is 19.4. The Hall–Kier alpha value is -2.70. The highest BCUT2D eigenvalue weighted by Gasteiger charge is 2.35. The molecule has 0 aliphatic carbocycles. The molecule has 1 aliphatic heterocycles. The minimum Gasteiger partial charge on any atom is -0.454 e. The monoisotopic (exact) mass is 337 g/mol. The molecule has 1 heterocycles. The van der Waals surface area contributed by atoms with E-state index in [0.717, 1.165) is 12.1 Å². The molecule has 0 spiro atoms. The molecule has 1 unspecified atom stereocenters. The molecule has 126 valence electrons. The second kappa shape index (κ2) is 6.07. The lowest BCUT2D eigenvalue weighted by Crippen LogP contribution is -2.28. The number of amides is 1. The number of fused-ring (bicyclic) bond motifs is 1. The van der Waals surface area contributed by atoms with Crippen molar-refractivity contribution in [3.8, 4) is 11.5 Å². The second-order valence-electron chi connectivity index (χ2n) is 5.35. The second-order valence-corrected chi connectivity index (χ2v) is 5.35. The van der Waals surface area contributed by atoms with Crippen LogP contribution < -0.4 is 14.8 Å². The predicted octanol–water partition coefficient (Wildman–Crippen LogP) is 3.93. The first kappa shape index (κ1) is 16.2. The van der Waals surface area contributed by atoms with Crippen LogP contribution in [0, 0.1) is 0 Å². The summed E-state index contributed by atoms with van der Waals surface area (Å²) in [5.41, 5.74) is -0.657. The Kier molecular flexibility index (Phi) is 4.09. The van der Waals surface area contributed by atoms with Crippen molar-refractivity contribution in [3.63, 3.8) is 0 Å². The summed E-state index contributed by atoms with van der Waals surface area (Å²) in [6, 6.07) is 9.33. The molecule has 2 aromatic carbocycles. The molecule has 0 radical (unpaired) electrons. The average Bonchev–Trinajstić information content (AvgIpc) is 3.01. The Balaban J connectivity index is 1.80. The lowest BCUT2D eigenvalue weighted by atomic mass is 10.0. The number of benzene rings is 2. The van der Waals surface area contributed by atoms with E-state index >= 15 is 0 Å². The van der Waals surface area contributed by atoms with Crippen LogP contribution in [0.4, 0.5) is 13.2 Å². The van der Waals surface area contributed by atoms with Gasteiger partial charge in [-0.15, -0.1) is 0 Å². The molecule has 1 N–H and O–H groups in total. The molecule has 0 aromatic heterocycles. The first-order valence-corrected chi connectivity index (χ1v) is 7.23. The van der Waals surface area contributed by atoms with Crippen LogP contribution in [0.5, 0.6) is 11.5 Å². The number of ether oxygens (including phenoxy) is 2. The maximum atomic E-state index is 13.0. The van der Waals surface area contributed by atoms with Gasteiger partial charge in [0.25, 0.3) is 5.91 Å². The van der Waals surface area contributed by atoms with Gasteiger partial charge >= 0.3 is 6.18 Å². The van der Waals surface area contributed by atoms with Crippen LogP contribution in [-0.4, -0.2) is 12.7 Å². The largest absolute Gasteiger partial charge is 0.454 e. The van der Waals surface area contributed by atoms with Crippen LogP contribution in [-0.2, 0) is 6.18 Å². The number of rotatable bonds is 3. The number of carbonyl (C=O) groups is 1. The summed E-state index contributed by atoms with van der Waals surface area (Å²) in [6.07, 6.45) is -4.59. The summed E-state index contributed by atoms with van der Waals surface area (Å²) in [5, 5.41) is 2.58. The summed E-state index contributed by atoms with van der Waals surface area (Å²) in [4.78, 5) is 12.3. The van der Waals surface area contributed by atoms with Gasteiger partial charge in [-0.25, -0.2) is 0 Å². The quantitative estimate of drug-likeness (QED) is 0.923. The number of nitrogens with one attached hydrogen (secondary N) is 1. The maximum absolute atomic E-state index is 13.0. The molecule has 1 amide bonds. The van der Waals surface area contributed by atoms with Crippen LogP contribution in [0.3, 0.4) is 0 Å². The Morgan fingerprint density at radius 3 is 2.58 bits per heavy atom. The van der Waals surface area contributed by atoms with E-state index in [4.69, 9.17) is 9.47 Å². The number of alkyl halides is 3. The van der Waals surface area contributed by atoms with E-state index in [1.807, 2.05) is 0 Å². The summed E-state index contributed by atoms with van der Waals surface area (Å²) < 4.78 is 49.5. The molecule has 1 atom stereocenters. The van der Waals surface area contributed by atoms with Crippen molar-refractivity contribution < 1.29 is 27.4 Å². The highest BCUT2D eigenvalue weighted by Crippen LogP contribution is 2.35. The minimum atomic E-state index is -4.59. The smallest absolute Gasteiger partial charge is 0.417 e. The zero-order valence-corrected chi connectivity index (χ0v) is 12.7. The van der Waals surface area contributed by atoms with Gasteiger partial charge in [-0.1, -0.05) is 18.2 Å². The molecule has 4 nitrogen and oxygen atoms in total. The van der Waals surface area contributed by atoms with E-state index in [1.54, 1.807) is 25.1 Å². The summed E-state index contributed by atoms with van der Waals surface area (Å²) >= 11 is 0. The van der Waals surface area contributed by atoms with Crippen molar-refractivity contribution in [2.45, 2.75) is 19.1 Å². The van der Waals surface area contributed by atoms with Crippen molar-refractivity contribution in [3.05, 3.63) is 59.2 Å². The number of halogens is 3. The zero-order valence-electron chi connectivity index (χ0n) is 12.7. The van der Waals surface area contributed by atoms with E-state index in [0.29, 0.717) is 17.1 Å². The molecule has 0 saturated heterocycles. The molecule has 24 heavy (non-hydrogen) atoms. The van der Waals surface area contributed by atoms with Crippen molar-refractivity contribution in [1.29, 1.82) is 0 Å². The topological polar surface area (TPSA) is 47.6 Å². The minimum absolute atomic E-state index is 0.123. The van der Waals surface area contributed by atoms with Crippen molar-refractivity contribution in [2.24, 2.45) is 0 Å². The standard InChI is InChI=1S/C17H14F3NO3/c1-10(11-6-7-14-15(8-11)24-9-23-14)21-16(22)12-4-2-3-5-13(12)17(18,19)20/h2-8,10H,9H2,1H3,(H,21,22). The molecule has 0 bridgehead atoms. The molecule has 0 saturated carbocycles. The fourth-order valence-electron chi connectivity index (χ4n) is 2.47. The van der Waals surface area contributed by atoms with Crippen LogP contribution in [0.2, 0.25) is 0 Å². The molecule has 1 aliphatic rings. The Labute approximate surface area is 136 Å². The highest BCUT2D eigenvalue weighted by molar-refractivity contribution is 5.96. The summed E-state index contributed by atoms with van der Waals surface area (Å²) in [5.74, 6) is 0.358. The average molecular weight is 337 g/mol. The maximum Gasteiger partial charge on any atom is 0.417 e. The fourth-order valence-corrected chi connectivity index (χ4v) is 2.47. The lowest BCUT2D eigenvalue weighted by molar-refractivity contribution is -0.137. The van der Waals surface area contributed by atoms with Gasteiger partial charge in [0.2, 0.25) is 6.79 Å². The molecular formula is C17H14F3NO3. The van der Waals surface area contributed by atoms with Gasteiger partial charge in [-0.2, -0.15) is 13.2 Å². The number of hydrogen-bond acceptors (Lipinski definition) is 3. The van der Waals surface area contributed by atoms with Crippen LogP contribution in [0.25, 0.3) is 0 Å². The third-order valence-corrected chi connectivity index (χ3v) is 3.72. The fraction of sp³-hybridized carbons (Fsp3) is 0.235. The normalized spacial score (nSPS) is 14.3. The number of hydrogen-bond donors (Lipinski definition) is 1. The van der Waals surface area contributed by atoms with E-state index in [-0.39, 0.29) is 6.79 Å². The molecule has 3 rings (SSSR count). The van der Waals surface area contributed by atoms with Gasteiger partial charge in [0, 0.05) is 0 Å². The van der Waals surface area contributed by atoms with Crippen LogP contribution >= 0.6 is 0 Å². The van der Waals surface area contributed by atoms with Gasteiger partial charge in [0.1, 0.15) is 0 Å². The Morgan fingerprint density at radius 1 is 1.12 bits per heavy atom. The van der Waals surface area contributed by atoms with Crippen molar-refractivity contribution >= 4 is 5.91 Å². The zero-order chi connectivity index (χ0) is 17.3. The first-order chi connectivity index (χ1) is 11.4. The van der Waals surface area contributed by atoms with E-state index in [2.05, 4.69) is 5.32 Å². The molecular weight excluding hydrogens is 323 g/mol. The third-order valence-electron chi connectivity index (χ3n) is 3.72. The molecule has 0 fully saturated rings. The van der Waals surface area contributed by atoms with Gasteiger partial charge < -0.3 is 14.8 Å². The van der Waals surface area contributed by atoms with Crippen LogP contribution in [0.15, 0.2) is 42.5 Å². The van der Waals surface area contributed by atoms with Gasteiger partial charge in [-0.05, 0) is 36.8 Å². The molecule has 7 heteroatoms. The Morgan fingerprint density at radius 2 is 1.83 bits per heavy atom. The van der Waals surface area contributed by atoms with Crippen molar-refractivity contribution in [1.82, 2.24) is 5.32 Å². The van der Waals surface area contributed by atoms with Gasteiger partial charge in [0.15, 0.2) is 11.5 Å². The first-order valence-electron chi connectivity index (χ1n) is 7.23.